The van der Waals surface area contributed by atoms with Crippen molar-refractivity contribution < 1.29 is 5.11 Å². The number of hydrogen-bond donors (Lipinski definition) is 2. The van der Waals surface area contributed by atoms with Crippen LogP contribution in [-0.4, -0.2) is 35.6 Å². The van der Waals surface area contributed by atoms with Gasteiger partial charge in [-0.1, -0.05) is 6.07 Å². The number of nitrogens with zero attached hydrogens (tertiary/aromatic N) is 1. The number of H-pyrrole nitrogens is 1. The minimum absolute atomic E-state index is 0.371. The highest BCUT2D eigenvalue weighted by Gasteiger charge is 2.11. The fraction of sp³-hybridized carbons (Fsp3) is 0.385. The summed E-state index contributed by atoms with van der Waals surface area (Å²) in [5.41, 5.74) is 3.39. The Hall–Kier alpha value is -1.48. The van der Waals surface area contributed by atoms with E-state index in [0.717, 1.165) is 29.6 Å². The molecule has 0 saturated heterocycles. The van der Waals surface area contributed by atoms with Crippen molar-refractivity contribution in [3.05, 3.63) is 29.5 Å². The number of likely N-dealkylation sites (N-methyl/N-ethyl adjacent to an activating group) is 1. The summed E-state index contributed by atoms with van der Waals surface area (Å²) in [7, 11) is 4.12. The smallest absolute Gasteiger partial charge is 0.125 e. The minimum Gasteiger partial charge on any atom is -0.507 e. The third-order valence-corrected chi connectivity index (χ3v) is 2.93. The molecule has 3 heteroatoms. The third kappa shape index (κ3) is 1.91. The Morgan fingerprint density at radius 3 is 2.75 bits per heavy atom. The zero-order valence-corrected chi connectivity index (χ0v) is 10.0. The monoisotopic (exact) mass is 218 g/mol. The molecule has 3 nitrogen and oxygen atoms in total. The summed E-state index contributed by atoms with van der Waals surface area (Å²) in [6.07, 6.45) is 0.955. The van der Waals surface area contributed by atoms with Gasteiger partial charge in [-0.05, 0) is 45.1 Å². The van der Waals surface area contributed by atoms with Crippen LogP contribution in [0, 0.1) is 6.92 Å². The lowest BCUT2D eigenvalue weighted by molar-refractivity contribution is 0.413. The summed E-state index contributed by atoms with van der Waals surface area (Å²) in [5.74, 6) is 0.371. The van der Waals surface area contributed by atoms with E-state index in [9.17, 15) is 5.11 Å². The van der Waals surface area contributed by atoms with Crippen molar-refractivity contribution in [2.45, 2.75) is 13.3 Å². The van der Waals surface area contributed by atoms with Gasteiger partial charge in [0.25, 0.3) is 0 Å². The average molecular weight is 218 g/mol. The van der Waals surface area contributed by atoms with Gasteiger partial charge in [0.05, 0.1) is 0 Å². The maximum atomic E-state index is 9.90. The largest absolute Gasteiger partial charge is 0.507 e. The van der Waals surface area contributed by atoms with Gasteiger partial charge >= 0.3 is 0 Å². The first-order chi connectivity index (χ1) is 7.59. The van der Waals surface area contributed by atoms with E-state index < -0.39 is 0 Å². The third-order valence-electron chi connectivity index (χ3n) is 2.93. The van der Waals surface area contributed by atoms with E-state index in [1.807, 2.05) is 12.1 Å². The molecule has 0 aliphatic carbocycles. The molecule has 0 unspecified atom stereocenters. The van der Waals surface area contributed by atoms with Crippen LogP contribution in [0.25, 0.3) is 10.9 Å². The second-order valence-electron chi connectivity index (χ2n) is 4.48. The fourth-order valence-electron chi connectivity index (χ4n) is 2.07. The van der Waals surface area contributed by atoms with Crippen LogP contribution in [0.5, 0.6) is 5.75 Å². The van der Waals surface area contributed by atoms with Crippen LogP contribution in [0.1, 0.15) is 11.3 Å². The highest BCUT2D eigenvalue weighted by atomic mass is 16.3. The molecular formula is C13H18N2O. The molecule has 16 heavy (non-hydrogen) atoms. The Balaban J connectivity index is 2.46. The van der Waals surface area contributed by atoms with Gasteiger partial charge in [0.1, 0.15) is 5.75 Å². The Bertz CT molecular complexity index is 500. The number of aryl methyl sites for hydroxylation is 1. The van der Waals surface area contributed by atoms with E-state index >= 15 is 0 Å². The summed E-state index contributed by atoms with van der Waals surface area (Å²) in [4.78, 5) is 5.46. The number of fused-ring (bicyclic) bond motifs is 1. The van der Waals surface area contributed by atoms with Gasteiger partial charge in [-0.25, -0.2) is 0 Å². The lowest BCUT2D eigenvalue weighted by Crippen LogP contribution is -2.15. The highest BCUT2D eigenvalue weighted by Crippen LogP contribution is 2.30. The van der Waals surface area contributed by atoms with Gasteiger partial charge in [0.2, 0.25) is 0 Å². The molecule has 0 spiro atoms. The van der Waals surface area contributed by atoms with E-state index in [0.29, 0.717) is 5.75 Å². The second-order valence-corrected chi connectivity index (χ2v) is 4.48. The molecule has 0 radical (unpaired) electrons. The predicted molar refractivity (Wildman–Crippen MR) is 67.0 cm³/mol. The lowest BCUT2D eigenvalue weighted by Gasteiger charge is -2.09. The zero-order valence-electron chi connectivity index (χ0n) is 10.0. The molecule has 0 aliphatic heterocycles. The minimum atomic E-state index is 0.371. The van der Waals surface area contributed by atoms with Gasteiger partial charge in [0.15, 0.2) is 0 Å². The number of rotatable bonds is 3. The van der Waals surface area contributed by atoms with E-state index in [-0.39, 0.29) is 0 Å². The predicted octanol–water partition coefficient (Wildman–Crippen LogP) is 2.29. The first kappa shape index (κ1) is 11.0. The maximum Gasteiger partial charge on any atom is 0.125 e. The Morgan fingerprint density at radius 2 is 2.06 bits per heavy atom. The molecule has 0 fully saturated rings. The van der Waals surface area contributed by atoms with Crippen LogP contribution in [0.3, 0.4) is 0 Å². The summed E-state index contributed by atoms with van der Waals surface area (Å²) < 4.78 is 0. The van der Waals surface area contributed by atoms with Gasteiger partial charge in [0, 0.05) is 23.1 Å². The van der Waals surface area contributed by atoms with E-state index in [1.54, 1.807) is 6.07 Å². The zero-order chi connectivity index (χ0) is 11.7. The van der Waals surface area contributed by atoms with Crippen molar-refractivity contribution in [1.29, 1.82) is 0 Å². The first-order valence-corrected chi connectivity index (χ1v) is 5.53. The molecule has 1 heterocycles. The van der Waals surface area contributed by atoms with Crippen molar-refractivity contribution in [2.75, 3.05) is 20.6 Å². The molecule has 2 N–H and O–H groups in total. The van der Waals surface area contributed by atoms with Gasteiger partial charge in [-0.15, -0.1) is 0 Å². The van der Waals surface area contributed by atoms with Crippen molar-refractivity contribution in [2.24, 2.45) is 0 Å². The Kier molecular flexibility index (Phi) is 2.88. The summed E-state index contributed by atoms with van der Waals surface area (Å²) >= 11 is 0. The quantitative estimate of drug-likeness (QED) is 0.829. The molecule has 0 atom stereocenters. The normalized spacial score (nSPS) is 11.5. The topological polar surface area (TPSA) is 39.3 Å². The summed E-state index contributed by atoms with van der Waals surface area (Å²) in [6, 6.07) is 5.61. The molecular weight excluding hydrogens is 200 g/mol. The maximum absolute atomic E-state index is 9.90. The molecule has 0 saturated carbocycles. The van der Waals surface area contributed by atoms with Crippen LogP contribution >= 0.6 is 0 Å². The number of phenolic OH excluding ortho intramolecular Hbond substituents is 1. The van der Waals surface area contributed by atoms with E-state index in [2.05, 4.69) is 30.9 Å². The number of benzene rings is 1. The number of hydrogen-bond acceptors (Lipinski definition) is 2. The molecule has 1 aromatic carbocycles. The van der Waals surface area contributed by atoms with Crippen LogP contribution in [0.15, 0.2) is 18.2 Å². The van der Waals surface area contributed by atoms with Crippen LogP contribution in [0.4, 0.5) is 0 Å². The first-order valence-electron chi connectivity index (χ1n) is 5.53. The van der Waals surface area contributed by atoms with Gasteiger partial charge in [-0.3, -0.25) is 0 Å². The molecule has 2 rings (SSSR count). The van der Waals surface area contributed by atoms with Crippen LogP contribution < -0.4 is 0 Å². The molecule has 1 aromatic heterocycles. The molecule has 2 aromatic rings. The van der Waals surface area contributed by atoms with Gasteiger partial charge in [-0.2, -0.15) is 0 Å². The van der Waals surface area contributed by atoms with E-state index in [4.69, 9.17) is 0 Å². The van der Waals surface area contributed by atoms with Crippen molar-refractivity contribution in [1.82, 2.24) is 9.88 Å². The van der Waals surface area contributed by atoms with Gasteiger partial charge < -0.3 is 15.0 Å². The second kappa shape index (κ2) is 4.18. The van der Waals surface area contributed by atoms with Crippen LogP contribution in [0.2, 0.25) is 0 Å². The number of phenols is 1. The van der Waals surface area contributed by atoms with Crippen LogP contribution in [-0.2, 0) is 6.42 Å². The summed E-state index contributed by atoms with van der Waals surface area (Å²) in [6.45, 7) is 3.05. The van der Waals surface area contributed by atoms with E-state index in [1.165, 1.54) is 5.56 Å². The van der Waals surface area contributed by atoms with Crippen molar-refractivity contribution >= 4 is 10.9 Å². The SMILES string of the molecule is Cc1[nH]c2cccc(O)c2c1CCN(C)C. The number of aromatic nitrogens is 1. The van der Waals surface area contributed by atoms with Crippen molar-refractivity contribution in [3.63, 3.8) is 0 Å². The molecule has 86 valence electrons. The molecule has 0 aliphatic rings. The molecule has 0 amide bonds. The standard InChI is InChI=1S/C13H18N2O/c1-9-10(7-8-15(2)3)13-11(14-9)5-4-6-12(13)16/h4-6,14,16H,7-8H2,1-3H3. The Labute approximate surface area is 95.7 Å². The average Bonchev–Trinajstić information content (AvgIpc) is 2.52. The fourth-order valence-corrected chi connectivity index (χ4v) is 2.07. The summed E-state index contributed by atoms with van der Waals surface area (Å²) in [5, 5.41) is 10.9. The lowest BCUT2D eigenvalue weighted by atomic mass is 10.1. The highest BCUT2D eigenvalue weighted by molar-refractivity contribution is 5.90. The number of nitrogens with one attached hydrogen (secondary N) is 1. The number of aromatic amines is 1. The Morgan fingerprint density at radius 1 is 1.31 bits per heavy atom. The van der Waals surface area contributed by atoms with Crippen molar-refractivity contribution in [3.8, 4) is 5.75 Å². The molecule has 0 bridgehead atoms. The number of aromatic hydroxyl groups is 1.